The van der Waals surface area contributed by atoms with Crippen LogP contribution in [-0.4, -0.2) is 62.4 Å². The maximum Gasteiger partial charge on any atom is 0.320 e. The quantitative estimate of drug-likeness (QED) is 0.555. The minimum absolute atomic E-state index is 0.163. The average Bonchev–Trinajstić information content (AvgIpc) is 2.25. The van der Waals surface area contributed by atoms with E-state index >= 15 is 0 Å². The Kier molecular flexibility index (Phi) is 5.88. The Morgan fingerprint density at radius 1 is 1.24 bits per heavy atom. The molecule has 0 aromatic carbocycles. The smallest absolute Gasteiger partial charge is 0.320 e. The van der Waals surface area contributed by atoms with Crippen molar-refractivity contribution in [2.24, 2.45) is 0 Å². The van der Waals surface area contributed by atoms with E-state index in [9.17, 15) is 4.79 Å². The zero-order valence-electron chi connectivity index (χ0n) is 11.1. The highest BCUT2D eigenvalue weighted by atomic mass is 16.6. The molecule has 0 unspecified atom stereocenters. The molecule has 5 nitrogen and oxygen atoms in total. The van der Waals surface area contributed by atoms with E-state index in [4.69, 9.17) is 9.47 Å². The van der Waals surface area contributed by atoms with Crippen molar-refractivity contribution in [2.45, 2.75) is 26.4 Å². The molecule has 0 aromatic heterocycles. The number of hydrogen-bond acceptors (Lipinski definition) is 5. The zero-order chi connectivity index (χ0) is 12.7. The van der Waals surface area contributed by atoms with Crippen molar-refractivity contribution in [3.05, 3.63) is 0 Å². The standard InChI is InChI=1S/C12H24N2O3/c1-12(2,3)17-9-8-16-11(15)10-14-6-4-13-5-7-14/h13H,4-10H2,1-3H3. The van der Waals surface area contributed by atoms with Crippen molar-refractivity contribution in [3.8, 4) is 0 Å². The fourth-order valence-electron chi connectivity index (χ4n) is 1.60. The Labute approximate surface area is 103 Å². The van der Waals surface area contributed by atoms with E-state index in [1.54, 1.807) is 0 Å². The Balaban J connectivity index is 2.04. The maximum atomic E-state index is 11.5. The van der Waals surface area contributed by atoms with Crippen LogP contribution in [0.5, 0.6) is 0 Å². The van der Waals surface area contributed by atoms with Gasteiger partial charge in [-0.1, -0.05) is 0 Å². The van der Waals surface area contributed by atoms with Crippen LogP contribution < -0.4 is 5.32 Å². The molecule has 17 heavy (non-hydrogen) atoms. The van der Waals surface area contributed by atoms with Gasteiger partial charge in [-0.2, -0.15) is 0 Å². The summed E-state index contributed by atoms with van der Waals surface area (Å²) in [5.74, 6) is -0.163. The molecule has 0 spiro atoms. The average molecular weight is 244 g/mol. The number of carbonyl (C=O) groups is 1. The van der Waals surface area contributed by atoms with E-state index < -0.39 is 0 Å². The number of esters is 1. The second-order valence-corrected chi connectivity index (χ2v) is 5.21. The first-order chi connectivity index (χ1) is 7.97. The van der Waals surface area contributed by atoms with Crippen molar-refractivity contribution in [1.82, 2.24) is 10.2 Å². The molecule has 1 heterocycles. The number of nitrogens with zero attached hydrogens (tertiary/aromatic N) is 1. The van der Waals surface area contributed by atoms with Crippen LogP contribution in [0.4, 0.5) is 0 Å². The molecule has 1 N–H and O–H groups in total. The van der Waals surface area contributed by atoms with Crippen LogP contribution in [0.15, 0.2) is 0 Å². The van der Waals surface area contributed by atoms with Crippen LogP contribution in [0.2, 0.25) is 0 Å². The van der Waals surface area contributed by atoms with Gasteiger partial charge in [0.1, 0.15) is 6.61 Å². The van der Waals surface area contributed by atoms with Crippen LogP contribution in [-0.2, 0) is 14.3 Å². The van der Waals surface area contributed by atoms with Gasteiger partial charge in [-0.3, -0.25) is 9.69 Å². The summed E-state index contributed by atoms with van der Waals surface area (Å²) >= 11 is 0. The molecule has 1 rings (SSSR count). The lowest BCUT2D eigenvalue weighted by Gasteiger charge is -2.26. The first kappa shape index (κ1) is 14.4. The number of carbonyl (C=O) groups excluding carboxylic acids is 1. The summed E-state index contributed by atoms with van der Waals surface area (Å²) in [6.07, 6.45) is 0. The molecule has 0 bridgehead atoms. The lowest BCUT2D eigenvalue weighted by atomic mass is 10.2. The van der Waals surface area contributed by atoms with Crippen LogP contribution in [0.25, 0.3) is 0 Å². The normalized spacial score (nSPS) is 18.1. The van der Waals surface area contributed by atoms with Gasteiger partial charge in [-0.25, -0.2) is 0 Å². The second kappa shape index (κ2) is 6.93. The van der Waals surface area contributed by atoms with Gasteiger partial charge >= 0.3 is 5.97 Å². The van der Waals surface area contributed by atoms with Gasteiger partial charge in [-0.15, -0.1) is 0 Å². The second-order valence-electron chi connectivity index (χ2n) is 5.21. The van der Waals surface area contributed by atoms with Crippen molar-refractivity contribution in [3.63, 3.8) is 0 Å². The van der Waals surface area contributed by atoms with Crippen molar-refractivity contribution in [1.29, 1.82) is 0 Å². The Hall–Kier alpha value is -0.650. The highest BCUT2D eigenvalue weighted by Crippen LogP contribution is 2.05. The lowest BCUT2D eigenvalue weighted by Crippen LogP contribution is -2.45. The Morgan fingerprint density at radius 3 is 2.47 bits per heavy atom. The molecular weight excluding hydrogens is 220 g/mol. The summed E-state index contributed by atoms with van der Waals surface area (Å²) in [7, 11) is 0. The molecule has 1 saturated heterocycles. The topological polar surface area (TPSA) is 50.8 Å². The number of hydrogen-bond donors (Lipinski definition) is 1. The predicted molar refractivity (Wildman–Crippen MR) is 66.0 cm³/mol. The van der Waals surface area contributed by atoms with Crippen molar-refractivity contribution >= 4 is 5.97 Å². The first-order valence-corrected chi connectivity index (χ1v) is 6.20. The van der Waals surface area contributed by atoms with E-state index in [0.29, 0.717) is 19.8 Å². The summed E-state index contributed by atoms with van der Waals surface area (Å²) in [6.45, 7) is 10.8. The highest BCUT2D eigenvalue weighted by molar-refractivity contribution is 5.71. The molecule has 0 aromatic rings. The monoisotopic (exact) mass is 244 g/mol. The predicted octanol–water partition coefficient (Wildman–Crippen LogP) is 0.250. The number of nitrogens with one attached hydrogen (secondary N) is 1. The first-order valence-electron chi connectivity index (χ1n) is 6.20. The summed E-state index contributed by atoms with van der Waals surface area (Å²) in [4.78, 5) is 13.6. The Bertz CT molecular complexity index is 232. The van der Waals surface area contributed by atoms with E-state index in [1.165, 1.54) is 0 Å². The summed E-state index contributed by atoms with van der Waals surface area (Å²) < 4.78 is 10.6. The molecule has 0 aliphatic carbocycles. The third kappa shape index (κ3) is 7.31. The summed E-state index contributed by atoms with van der Waals surface area (Å²) in [5, 5.41) is 3.24. The third-order valence-electron chi connectivity index (χ3n) is 2.44. The molecular formula is C12H24N2O3. The van der Waals surface area contributed by atoms with Gasteiger partial charge in [0.15, 0.2) is 0 Å². The van der Waals surface area contributed by atoms with Gasteiger partial charge < -0.3 is 14.8 Å². The Morgan fingerprint density at radius 2 is 1.88 bits per heavy atom. The molecule has 0 atom stereocenters. The van der Waals surface area contributed by atoms with E-state index in [-0.39, 0.29) is 11.6 Å². The molecule has 0 radical (unpaired) electrons. The number of rotatable bonds is 5. The summed E-state index contributed by atoms with van der Waals surface area (Å²) in [6, 6.07) is 0. The third-order valence-corrected chi connectivity index (χ3v) is 2.44. The van der Waals surface area contributed by atoms with E-state index in [2.05, 4.69) is 10.2 Å². The van der Waals surface area contributed by atoms with Crippen molar-refractivity contribution < 1.29 is 14.3 Å². The number of piperazine rings is 1. The van der Waals surface area contributed by atoms with Crippen LogP contribution >= 0.6 is 0 Å². The largest absolute Gasteiger partial charge is 0.462 e. The van der Waals surface area contributed by atoms with Gasteiger partial charge in [0.2, 0.25) is 0 Å². The van der Waals surface area contributed by atoms with Crippen LogP contribution in [0, 0.1) is 0 Å². The number of ether oxygens (including phenoxy) is 2. The van der Waals surface area contributed by atoms with Gasteiger partial charge in [-0.05, 0) is 20.8 Å². The fourth-order valence-corrected chi connectivity index (χ4v) is 1.60. The SMILES string of the molecule is CC(C)(C)OCCOC(=O)CN1CCNCC1. The molecule has 5 heteroatoms. The minimum Gasteiger partial charge on any atom is -0.462 e. The van der Waals surface area contributed by atoms with Crippen LogP contribution in [0.3, 0.4) is 0 Å². The van der Waals surface area contributed by atoms with E-state index in [0.717, 1.165) is 26.2 Å². The minimum atomic E-state index is -0.176. The molecule has 1 aliphatic rings. The van der Waals surface area contributed by atoms with Gasteiger partial charge in [0.05, 0.1) is 18.8 Å². The molecule has 1 fully saturated rings. The lowest BCUT2D eigenvalue weighted by molar-refractivity contribution is -0.148. The highest BCUT2D eigenvalue weighted by Gasteiger charge is 2.14. The molecule has 0 saturated carbocycles. The van der Waals surface area contributed by atoms with Gasteiger partial charge in [0, 0.05) is 26.2 Å². The zero-order valence-corrected chi connectivity index (χ0v) is 11.1. The van der Waals surface area contributed by atoms with Crippen LogP contribution in [0.1, 0.15) is 20.8 Å². The fraction of sp³-hybridized carbons (Fsp3) is 0.917. The molecule has 1 aliphatic heterocycles. The van der Waals surface area contributed by atoms with Gasteiger partial charge in [0.25, 0.3) is 0 Å². The maximum absolute atomic E-state index is 11.5. The summed E-state index contributed by atoms with van der Waals surface area (Å²) in [5.41, 5.74) is -0.176. The molecule has 100 valence electrons. The van der Waals surface area contributed by atoms with Crippen molar-refractivity contribution in [2.75, 3.05) is 45.9 Å². The van der Waals surface area contributed by atoms with E-state index in [1.807, 2.05) is 20.8 Å². The molecule has 0 amide bonds.